The highest BCUT2D eigenvalue weighted by molar-refractivity contribution is 6.30. The van der Waals surface area contributed by atoms with Gasteiger partial charge in [0.2, 0.25) is 5.43 Å². The van der Waals surface area contributed by atoms with Crippen molar-refractivity contribution in [1.82, 2.24) is 10.3 Å². The molecule has 5 nitrogen and oxygen atoms in total. The lowest BCUT2D eigenvalue weighted by molar-refractivity contribution is 0.0949. The normalized spacial score (nSPS) is 10.3. The number of hydrogen-bond donors (Lipinski definition) is 2. The van der Waals surface area contributed by atoms with Crippen LogP contribution in [0.1, 0.15) is 21.5 Å². The van der Waals surface area contributed by atoms with E-state index in [4.69, 9.17) is 16.9 Å². The van der Waals surface area contributed by atoms with Crippen molar-refractivity contribution in [2.24, 2.45) is 0 Å². The molecule has 3 rings (SSSR count). The number of para-hydroxylation sites is 1. The van der Waals surface area contributed by atoms with Crippen LogP contribution in [0.2, 0.25) is 5.02 Å². The minimum atomic E-state index is -0.476. The zero-order chi connectivity index (χ0) is 17.1. The molecule has 0 atom stereocenters. The number of aromatic nitrogens is 1. The summed E-state index contributed by atoms with van der Waals surface area (Å²) < 4.78 is 0. The summed E-state index contributed by atoms with van der Waals surface area (Å²) in [4.78, 5) is 27.6. The minimum Gasteiger partial charge on any atom is -0.359 e. The summed E-state index contributed by atoms with van der Waals surface area (Å²) in [5, 5.41) is 12.7. The summed E-state index contributed by atoms with van der Waals surface area (Å²) in [5.74, 6) is -0.476. The van der Waals surface area contributed by atoms with E-state index in [9.17, 15) is 9.59 Å². The first-order chi connectivity index (χ1) is 11.6. The van der Waals surface area contributed by atoms with Crippen LogP contribution in [0.3, 0.4) is 0 Å². The second-order valence-corrected chi connectivity index (χ2v) is 5.62. The molecule has 0 aliphatic heterocycles. The van der Waals surface area contributed by atoms with Crippen LogP contribution in [0.25, 0.3) is 10.9 Å². The van der Waals surface area contributed by atoms with Crippen molar-refractivity contribution in [3.8, 4) is 6.07 Å². The number of amides is 1. The van der Waals surface area contributed by atoms with E-state index in [0.29, 0.717) is 21.5 Å². The van der Waals surface area contributed by atoms with Gasteiger partial charge in [-0.1, -0.05) is 29.8 Å². The quantitative estimate of drug-likeness (QED) is 0.770. The lowest BCUT2D eigenvalue weighted by atomic mass is 10.1. The maximum Gasteiger partial charge on any atom is 0.257 e. The first kappa shape index (κ1) is 15.8. The smallest absolute Gasteiger partial charge is 0.257 e. The van der Waals surface area contributed by atoms with Crippen molar-refractivity contribution in [3.63, 3.8) is 0 Å². The SMILES string of the molecule is N#Cc1cccc2c(=O)c(C(=O)NCc3ccc(Cl)cc3)c[nH]c12. The summed E-state index contributed by atoms with van der Waals surface area (Å²) in [6.07, 6.45) is 1.34. The molecule has 0 spiro atoms. The molecule has 0 radical (unpaired) electrons. The van der Waals surface area contributed by atoms with Gasteiger partial charge in [0, 0.05) is 23.2 Å². The number of H-pyrrole nitrogens is 1. The zero-order valence-corrected chi connectivity index (χ0v) is 13.2. The van der Waals surface area contributed by atoms with E-state index in [-0.39, 0.29) is 12.1 Å². The van der Waals surface area contributed by atoms with Crippen LogP contribution in [-0.2, 0) is 6.54 Å². The van der Waals surface area contributed by atoms with Crippen LogP contribution in [0.4, 0.5) is 0 Å². The Balaban J connectivity index is 1.88. The zero-order valence-electron chi connectivity index (χ0n) is 12.5. The lowest BCUT2D eigenvalue weighted by Crippen LogP contribution is -2.28. The molecular weight excluding hydrogens is 326 g/mol. The predicted octanol–water partition coefficient (Wildman–Crippen LogP) is 2.98. The maximum absolute atomic E-state index is 12.5. The fourth-order valence-electron chi connectivity index (χ4n) is 2.39. The molecule has 0 bridgehead atoms. The summed E-state index contributed by atoms with van der Waals surface area (Å²) in [6.45, 7) is 0.283. The molecule has 2 N–H and O–H groups in total. The highest BCUT2D eigenvalue weighted by Crippen LogP contribution is 2.13. The van der Waals surface area contributed by atoms with Gasteiger partial charge in [0.25, 0.3) is 5.91 Å². The van der Waals surface area contributed by atoms with Gasteiger partial charge in [-0.15, -0.1) is 0 Å². The third-order valence-corrected chi connectivity index (χ3v) is 3.90. The average molecular weight is 338 g/mol. The van der Waals surface area contributed by atoms with Crippen LogP contribution >= 0.6 is 11.6 Å². The topological polar surface area (TPSA) is 85.8 Å². The van der Waals surface area contributed by atoms with E-state index >= 15 is 0 Å². The van der Waals surface area contributed by atoms with Crippen molar-refractivity contribution in [1.29, 1.82) is 5.26 Å². The molecule has 6 heteroatoms. The second-order valence-electron chi connectivity index (χ2n) is 5.18. The highest BCUT2D eigenvalue weighted by atomic mass is 35.5. The molecule has 24 heavy (non-hydrogen) atoms. The Labute approximate surface area is 142 Å². The van der Waals surface area contributed by atoms with E-state index in [2.05, 4.69) is 10.3 Å². The molecule has 118 valence electrons. The van der Waals surface area contributed by atoms with Crippen LogP contribution in [0.5, 0.6) is 0 Å². The van der Waals surface area contributed by atoms with E-state index < -0.39 is 11.3 Å². The number of nitrogens with one attached hydrogen (secondary N) is 2. The summed E-state index contributed by atoms with van der Waals surface area (Å²) in [7, 11) is 0. The Morgan fingerprint density at radius 1 is 1.21 bits per heavy atom. The van der Waals surface area contributed by atoms with Gasteiger partial charge in [-0.3, -0.25) is 9.59 Å². The number of aromatic amines is 1. The number of nitriles is 1. The van der Waals surface area contributed by atoms with Gasteiger partial charge in [0.05, 0.1) is 11.1 Å². The molecule has 1 amide bonds. The van der Waals surface area contributed by atoms with E-state index in [1.54, 1.807) is 42.5 Å². The number of hydrogen-bond acceptors (Lipinski definition) is 3. The number of benzene rings is 2. The number of rotatable bonds is 3. The number of carbonyl (C=O) groups is 1. The maximum atomic E-state index is 12.5. The van der Waals surface area contributed by atoms with Crippen molar-refractivity contribution in [2.45, 2.75) is 6.54 Å². The van der Waals surface area contributed by atoms with Gasteiger partial charge in [0.15, 0.2) is 0 Å². The summed E-state index contributed by atoms with van der Waals surface area (Å²) in [5.41, 5.74) is 1.26. The van der Waals surface area contributed by atoms with Gasteiger partial charge in [0.1, 0.15) is 11.6 Å². The Morgan fingerprint density at radius 3 is 2.67 bits per heavy atom. The van der Waals surface area contributed by atoms with E-state index in [1.165, 1.54) is 6.20 Å². The van der Waals surface area contributed by atoms with Gasteiger partial charge in [-0.2, -0.15) is 5.26 Å². The first-order valence-electron chi connectivity index (χ1n) is 7.17. The summed E-state index contributed by atoms with van der Waals surface area (Å²) in [6, 6.07) is 13.9. The Morgan fingerprint density at radius 2 is 1.96 bits per heavy atom. The number of fused-ring (bicyclic) bond motifs is 1. The molecule has 0 aliphatic carbocycles. The molecule has 1 aromatic heterocycles. The molecule has 1 heterocycles. The number of nitrogens with zero attached hydrogens (tertiary/aromatic N) is 1. The van der Waals surface area contributed by atoms with Crippen LogP contribution < -0.4 is 10.7 Å². The predicted molar refractivity (Wildman–Crippen MR) is 91.9 cm³/mol. The van der Waals surface area contributed by atoms with Gasteiger partial charge in [-0.05, 0) is 29.8 Å². The molecule has 0 unspecified atom stereocenters. The van der Waals surface area contributed by atoms with Crippen molar-refractivity contribution in [3.05, 3.63) is 80.6 Å². The molecular formula is C18H12ClN3O2. The largest absolute Gasteiger partial charge is 0.359 e. The van der Waals surface area contributed by atoms with Gasteiger partial charge >= 0.3 is 0 Å². The third kappa shape index (κ3) is 3.00. The number of pyridine rings is 1. The third-order valence-electron chi connectivity index (χ3n) is 3.65. The average Bonchev–Trinajstić information content (AvgIpc) is 2.61. The molecule has 0 saturated heterocycles. The van der Waals surface area contributed by atoms with Crippen molar-refractivity contribution >= 4 is 28.4 Å². The van der Waals surface area contributed by atoms with Crippen LogP contribution in [-0.4, -0.2) is 10.9 Å². The standard InChI is InChI=1S/C18H12ClN3O2/c19-13-6-4-11(5-7-13)9-22-18(24)15-10-21-16-12(8-20)2-1-3-14(16)17(15)23/h1-7,10H,9H2,(H,21,23)(H,22,24). The molecule has 0 aliphatic rings. The fourth-order valence-corrected chi connectivity index (χ4v) is 2.52. The first-order valence-corrected chi connectivity index (χ1v) is 7.55. The van der Waals surface area contributed by atoms with Gasteiger partial charge < -0.3 is 10.3 Å². The Kier molecular flexibility index (Phi) is 4.32. The monoisotopic (exact) mass is 337 g/mol. The van der Waals surface area contributed by atoms with Crippen molar-refractivity contribution in [2.75, 3.05) is 0 Å². The van der Waals surface area contributed by atoms with E-state index in [0.717, 1.165) is 5.56 Å². The number of halogens is 1. The molecule has 2 aromatic carbocycles. The molecule has 3 aromatic rings. The molecule has 0 saturated carbocycles. The second kappa shape index (κ2) is 6.57. The fraction of sp³-hybridized carbons (Fsp3) is 0.0556. The van der Waals surface area contributed by atoms with E-state index in [1.807, 2.05) is 6.07 Å². The van der Waals surface area contributed by atoms with Gasteiger partial charge in [-0.25, -0.2) is 0 Å². The minimum absolute atomic E-state index is 0.00607. The Hall–Kier alpha value is -3.10. The molecule has 0 fully saturated rings. The summed E-state index contributed by atoms with van der Waals surface area (Å²) >= 11 is 5.82. The van der Waals surface area contributed by atoms with Crippen LogP contribution in [0.15, 0.2) is 53.5 Å². The lowest BCUT2D eigenvalue weighted by Gasteiger charge is -2.07. The van der Waals surface area contributed by atoms with Crippen LogP contribution in [0, 0.1) is 11.3 Å². The van der Waals surface area contributed by atoms with Crippen molar-refractivity contribution < 1.29 is 4.79 Å². The highest BCUT2D eigenvalue weighted by Gasteiger charge is 2.14. The Bertz CT molecular complexity index is 1020. The number of carbonyl (C=O) groups excluding carboxylic acids is 1.